The topological polar surface area (TPSA) is 64.3 Å². The lowest BCUT2D eigenvalue weighted by molar-refractivity contribution is -0.138. The summed E-state index contributed by atoms with van der Waals surface area (Å²) in [6, 6.07) is 2.12. The summed E-state index contributed by atoms with van der Waals surface area (Å²) in [4.78, 5) is 17.3. The van der Waals surface area contributed by atoms with Gasteiger partial charge in [0.1, 0.15) is 0 Å². The van der Waals surface area contributed by atoms with Gasteiger partial charge < -0.3 is 10.2 Å². The second-order valence-electron chi connectivity index (χ2n) is 6.93. The smallest absolute Gasteiger partial charge is 0.227 e. The minimum absolute atomic E-state index is 0. The molecule has 0 aromatic carbocycles. The molecule has 0 radical (unpaired) electrons. The molecule has 4 heterocycles. The van der Waals surface area contributed by atoms with Gasteiger partial charge >= 0.3 is 0 Å². The Hall–Kier alpha value is -1.41. The van der Waals surface area contributed by atoms with Gasteiger partial charge in [0, 0.05) is 55.8 Å². The zero-order valence-electron chi connectivity index (χ0n) is 14.8. The van der Waals surface area contributed by atoms with E-state index in [4.69, 9.17) is 0 Å². The van der Waals surface area contributed by atoms with E-state index >= 15 is 0 Å². The molecule has 26 heavy (non-hydrogen) atoms. The molecule has 1 amide bonds. The fourth-order valence-electron chi connectivity index (χ4n) is 3.87. The third kappa shape index (κ3) is 4.28. The van der Waals surface area contributed by atoms with E-state index in [1.54, 1.807) is 11.3 Å². The number of nitrogens with zero attached hydrogens (tertiary/aromatic N) is 3. The predicted molar refractivity (Wildman–Crippen MR) is 107 cm³/mol. The Morgan fingerprint density at radius 3 is 2.92 bits per heavy atom. The highest BCUT2D eigenvalue weighted by Gasteiger charge is 2.30. The van der Waals surface area contributed by atoms with Crippen LogP contribution < -0.4 is 5.32 Å². The van der Waals surface area contributed by atoms with E-state index in [0.29, 0.717) is 5.91 Å². The largest absolute Gasteiger partial charge is 0.340 e. The molecule has 6 nitrogen and oxygen atoms in total. The van der Waals surface area contributed by atoms with Gasteiger partial charge in [-0.05, 0) is 30.8 Å². The quantitative estimate of drug-likeness (QED) is 0.833. The highest BCUT2D eigenvalue weighted by atomic mass is 35.5. The van der Waals surface area contributed by atoms with E-state index in [0.717, 1.165) is 64.3 Å². The summed E-state index contributed by atoms with van der Waals surface area (Å²) >= 11 is 1.70. The zero-order chi connectivity index (χ0) is 17.1. The highest BCUT2D eigenvalue weighted by Crippen LogP contribution is 2.26. The molecule has 2 aromatic heterocycles. The number of rotatable bonds is 4. The number of piperazine rings is 1. The molecule has 2 aromatic rings. The molecule has 2 aliphatic rings. The van der Waals surface area contributed by atoms with Crippen LogP contribution in [0.3, 0.4) is 0 Å². The van der Waals surface area contributed by atoms with Crippen LogP contribution in [-0.2, 0) is 11.3 Å². The summed E-state index contributed by atoms with van der Waals surface area (Å²) in [7, 11) is 0. The van der Waals surface area contributed by atoms with E-state index in [9.17, 15) is 4.79 Å². The molecule has 2 saturated heterocycles. The molecule has 4 rings (SSSR count). The highest BCUT2D eigenvalue weighted by molar-refractivity contribution is 7.08. The van der Waals surface area contributed by atoms with Crippen LogP contribution in [0.5, 0.6) is 0 Å². The monoisotopic (exact) mass is 395 g/mol. The van der Waals surface area contributed by atoms with Crippen molar-refractivity contribution in [2.45, 2.75) is 19.4 Å². The van der Waals surface area contributed by atoms with Crippen molar-refractivity contribution in [1.29, 1.82) is 0 Å². The number of likely N-dealkylation sites (tertiary alicyclic amines) is 1. The molecular formula is C18H26ClN5OS. The van der Waals surface area contributed by atoms with Crippen LogP contribution in [0.2, 0.25) is 0 Å². The summed E-state index contributed by atoms with van der Waals surface area (Å²) in [5.74, 6) is 0.486. The van der Waals surface area contributed by atoms with Crippen molar-refractivity contribution in [3.05, 3.63) is 28.6 Å². The zero-order valence-corrected chi connectivity index (χ0v) is 16.5. The number of H-pyrrole nitrogens is 1. The first-order valence-electron chi connectivity index (χ1n) is 9.08. The summed E-state index contributed by atoms with van der Waals surface area (Å²) in [5, 5.41) is 14.9. The van der Waals surface area contributed by atoms with Crippen molar-refractivity contribution in [3.8, 4) is 11.3 Å². The molecule has 0 bridgehead atoms. The number of carbonyl (C=O) groups is 1. The maximum atomic E-state index is 12.8. The Kier molecular flexibility index (Phi) is 6.69. The van der Waals surface area contributed by atoms with Crippen LogP contribution in [0.25, 0.3) is 11.3 Å². The Morgan fingerprint density at radius 1 is 1.31 bits per heavy atom. The Morgan fingerprint density at radius 2 is 2.15 bits per heavy atom. The molecule has 0 spiro atoms. The van der Waals surface area contributed by atoms with Gasteiger partial charge in [0.15, 0.2) is 0 Å². The van der Waals surface area contributed by atoms with Gasteiger partial charge in [-0.3, -0.25) is 14.8 Å². The average Bonchev–Trinajstić information content (AvgIpc) is 3.33. The minimum atomic E-state index is 0. The van der Waals surface area contributed by atoms with Gasteiger partial charge in [-0.25, -0.2) is 0 Å². The maximum absolute atomic E-state index is 12.8. The van der Waals surface area contributed by atoms with Crippen LogP contribution >= 0.6 is 23.7 Å². The van der Waals surface area contributed by atoms with Crippen molar-refractivity contribution in [1.82, 2.24) is 25.3 Å². The van der Waals surface area contributed by atoms with E-state index < -0.39 is 0 Å². The first kappa shape index (κ1) is 19.4. The van der Waals surface area contributed by atoms with E-state index in [1.165, 1.54) is 11.1 Å². The number of halogens is 1. The van der Waals surface area contributed by atoms with Gasteiger partial charge in [-0.1, -0.05) is 0 Å². The lowest BCUT2D eigenvalue weighted by atomic mass is 9.95. The minimum Gasteiger partial charge on any atom is -0.340 e. The van der Waals surface area contributed by atoms with Gasteiger partial charge in [-0.2, -0.15) is 16.4 Å². The average molecular weight is 396 g/mol. The molecule has 8 heteroatoms. The lowest BCUT2D eigenvalue weighted by Crippen LogP contribution is -2.51. The number of aromatic amines is 1. The molecule has 2 fully saturated rings. The second kappa shape index (κ2) is 8.99. The number of hydrogen-bond donors (Lipinski definition) is 2. The third-order valence-corrected chi connectivity index (χ3v) is 5.89. The molecule has 0 aliphatic carbocycles. The summed E-state index contributed by atoms with van der Waals surface area (Å²) in [6.45, 7) is 6.30. The standard InChI is InChI=1S/C18H25N5OS.ClH/c24-18(23-7-4-19-5-8-23)14-2-1-6-22(11-14)12-16-10-20-21-17(16)15-3-9-25-13-15;/h3,9-10,13-14,19H,1-2,4-8,11-12H2,(H,20,21);1H. The fourth-order valence-corrected chi connectivity index (χ4v) is 4.52. The van der Waals surface area contributed by atoms with Gasteiger partial charge in [0.25, 0.3) is 0 Å². The van der Waals surface area contributed by atoms with E-state index in [2.05, 4.69) is 37.2 Å². The normalized spacial score (nSPS) is 21.4. The van der Waals surface area contributed by atoms with Gasteiger partial charge in [0.05, 0.1) is 17.8 Å². The van der Waals surface area contributed by atoms with Crippen molar-refractivity contribution < 1.29 is 4.79 Å². The molecule has 1 atom stereocenters. The number of piperidine rings is 1. The molecule has 1 unspecified atom stereocenters. The van der Waals surface area contributed by atoms with Crippen molar-refractivity contribution in [2.24, 2.45) is 5.92 Å². The van der Waals surface area contributed by atoms with Crippen molar-refractivity contribution in [2.75, 3.05) is 39.3 Å². The SMILES string of the molecule is Cl.O=C(C1CCCN(Cc2cn[nH]c2-c2ccsc2)C1)N1CCNCC1. The molecule has 142 valence electrons. The number of carbonyl (C=O) groups excluding carboxylic acids is 1. The number of hydrogen-bond acceptors (Lipinski definition) is 5. The van der Waals surface area contributed by atoms with Crippen molar-refractivity contribution >= 4 is 29.7 Å². The van der Waals surface area contributed by atoms with Crippen LogP contribution in [0, 0.1) is 5.92 Å². The lowest BCUT2D eigenvalue weighted by Gasteiger charge is -2.36. The van der Waals surface area contributed by atoms with Crippen molar-refractivity contribution in [3.63, 3.8) is 0 Å². The predicted octanol–water partition coefficient (Wildman–Crippen LogP) is 2.20. The number of amides is 1. The van der Waals surface area contributed by atoms with Gasteiger partial charge in [-0.15, -0.1) is 12.4 Å². The third-order valence-electron chi connectivity index (χ3n) is 5.21. The fraction of sp³-hybridized carbons (Fsp3) is 0.556. The summed E-state index contributed by atoms with van der Waals surface area (Å²) < 4.78 is 0. The summed E-state index contributed by atoms with van der Waals surface area (Å²) in [5.41, 5.74) is 3.52. The molecule has 2 N–H and O–H groups in total. The van der Waals surface area contributed by atoms with E-state index in [-0.39, 0.29) is 18.3 Å². The van der Waals surface area contributed by atoms with E-state index in [1.807, 2.05) is 11.1 Å². The first-order chi connectivity index (χ1) is 12.3. The summed E-state index contributed by atoms with van der Waals surface area (Å²) in [6.07, 6.45) is 4.03. The Labute approximate surface area is 164 Å². The first-order valence-corrected chi connectivity index (χ1v) is 10.0. The Balaban J connectivity index is 0.00000196. The number of nitrogens with one attached hydrogen (secondary N) is 2. The van der Waals surface area contributed by atoms with Gasteiger partial charge in [0.2, 0.25) is 5.91 Å². The van der Waals surface area contributed by atoms with Crippen LogP contribution in [0.15, 0.2) is 23.0 Å². The second-order valence-corrected chi connectivity index (χ2v) is 7.71. The van der Waals surface area contributed by atoms with Crippen LogP contribution in [0.1, 0.15) is 18.4 Å². The molecule has 0 saturated carbocycles. The van der Waals surface area contributed by atoms with Crippen LogP contribution in [-0.4, -0.2) is 65.2 Å². The number of thiophene rings is 1. The molecular weight excluding hydrogens is 370 g/mol. The molecule has 2 aliphatic heterocycles. The maximum Gasteiger partial charge on any atom is 0.227 e. The van der Waals surface area contributed by atoms with Crippen LogP contribution in [0.4, 0.5) is 0 Å². The Bertz CT molecular complexity index is 698. The number of aromatic nitrogens is 2.